The molecule has 0 spiro atoms. The van der Waals surface area contributed by atoms with Crippen molar-refractivity contribution < 1.29 is 14.3 Å². The van der Waals surface area contributed by atoms with Crippen molar-refractivity contribution >= 4 is 24.2 Å². The topological polar surface area (TPSA) is 79.5 Å². The molecule has 3 N–H and O–H groups in total. The maximum atomic E-state index is 12.0. The Morgan fingerprint density at radius 3 is 2.74 bits per heavy atom. The summed E-state index contributed by atoms with van der Waals surface area (Å²) < 4.78 is 5.34. The lowest BCUT2D eigenvalue weighted by atomic mass is 10.1. The predicted octanol–water partition coefficient (Wildman–Crippen LogP) is 0.860. The highest BCUT2D eigenvalue weighted by atomic mass is 35.5. The number of benzene rings is 1. The lowest BCUT2D eigenvalue weighted by Crippen LogP contribution is -2.52. The van der Waals surface area contributed by atoms with Crippen LogP contribution in [0.3, 0.4) is 0 Å². The van der Waals surface area contributed by atoms with E-state index in [1.165, 1.54) is 0 Å². The number of nitrogens with one attached hydrogen (secondary N) is 3. The van der Waals surface area contributed by atoms with Gasteiger partial charge in [-0.1, -0.05) is 18.2 Å². The third-order valence-corrected chi connectivity index (χ3v) is 3.53. The smallest absolute Gasteiger partial charge is 0.258 e. The molecular formula is C16H24ClN3O3. The molecule has 7 heteroatoms. The van der Waals surface area contributed by atoms with Crippen LogP contribution < -0.4 is 20.7 Å². The number of piperidine rings is 1. The summed E-state index contributed by atoms with van der Waals surface area (Å²) in [6.07, 6.45) is 2.02. The minimum atomic E-state index is -0.575. The van der Waals surface area contributed by atoms with Gasteiger partial charge in [0, 0.05) is 12.6 Å². The molecule has 1 aromatic carbocycles. The Hall–Kier alpha value is -1.79. The van der Waals surface area contributed by atoms with E-state index in [9.17, 15) is 9.59 Å². The summed E-state index contributed by atoms with van der Waals surface area (Å²) in [5.74, 6) is 0.151. The van der Waals surface area contributed by atoms with Gasteiger partial charge in [-0.25, -0.2) is 0 Å². The Balaban J connectivity index is 0.00000264. The Labute approximate surface area is 142 Å². The Morgan fingerprint density at radius 1 is 1.35 bits per heavy atom. The first-order valence-corrected chi connectivity index (χ1v) is 7.63. The van der Waals surface area contributed by atoms with Crippen LogP contribution in [0.5, 0.6) is 5.75 Å². The largest absolute Gasteiger partial charge is 0.484 e. The van der Waals surface area contributed by atoms with E-state index in [0.29, 0.717) is 5.75 Å². The van der Waals surface area contributed by atoms with Crippen molar-refractivity contribution in [1.82, 2.24) is 16.0 Å². The molecule has 6 nitrogen and oxygen atoms in total. The lowest BCUT2D eigenvalue weighted by molar-refractivity contribution is -0.130. The van der Waals surface area contributed by atoms with Crippen molar-refractivity contribution in [1.29, 1.82) is 0 Å². The van der Waals surface area contributed by atoms with Crippen LogP contribution >= 0.6 is 12.4 Å². The summed E-state index contributed by atoms with van der Waals surface area (Å²) in [6.45, 7) is 3.34. The molecule has 0 bridgehead atoms. The third kappa shape index (κ3) is 6.88. The van der Waals surface area contributed by atoms with Crippen molar-refractivity contribution in [2.24, 2.45) is 0 Å². The van der Waals surface area contributed by atoms with Crippen LogP contribution in [0.15, 0.2) is 30.3 Å². The van der Waals surface area contributed by atoms with Gasteiger partial charge in [0.1, 0.15) is 11.8 Å². The Morgan fingerprint density at radius 2 is 2.09 bits per heavy atom. The van der Waals surface area contributed by atoms with Crippen LogP contribution in [0.4, 0.5) is 0 Å². The molecule has 0 radical (unpaired) electrons. The number of rotatable bonds is 6. The highest BCUT2D eigenvalue weighted by Crippen LogP contribution is 2.07. The molecule has 2 atom stereocenters. The Bertz CT molecular complexity index is 493. The summed E-state index contributed by atoms with van der Waals surface area (Å²) in [5, 5.41) is 8.82. The number of amides is 2. The molecule has 1 saturated heterocycles. The number of halogens is 1. The van der Waals surface area contributed by atoms with E-state index in [1.54, 1.807) is 19.1 Å². The van der Waals surface area contributed by atoms with Crippen molar-refractivity contribution in [3.8, 4) is 5.75 Å². The van der Waals surface area contributed by atoms with E-state index in [1.807, 2.05) is 18.2 Å². The van der Waals surface area contributed by atoms with E-state index in [2.05, 4.69) is 16.0 Å². The zero-order valence-corrected chi connectivity index (χ0v) is 14.0. The molecule has 0 aliphatic carbocycles. The minimum Gasteiger partial charge on any atom is -0.484 e. The molecule has 1 unspecified atom stereocenters. The first kappa shape index (κ1) is 19.3. The van der Waals surface area contributed by atoms with E-state index in [-0.39, 0.29) is 36.9 Å². The van der Waals surface area contributed by atoms with E-state index >= 15 is 0 Å². The standard InChI is InChI=1S/C16H23N3O3.ClH/c1-12(16(21)19-13-6-5-9-17-10-13)18-15(20)11-22-14-7-3-2-4-8-14;/h2-4,7-8,12-13,17H,5-6,9-11H2,1H3,(H,18,20)(H,19,21);1H/t12?,13-;/m0./s1. The van der Waals surface area contributed by atoms with Crippen molar-refractivity contribution in [2.75, 3.05) is 19.7 Å². The zero-order valence-electron chi connectivity index (χ0n) is 13.2. The van der Waals surface area contributed by atoms with Gasteiger partial charge in [0.25, 0.3) is 5.91 Å². The van der Waals surface area contributed by atoms with Gasteiger partial charge >= 0.3 is 0 Å². The first-order chi connectivity index (χ1) is 10.6. The molecule has 0 aromatic heterocycles. The first-order valence-electron chi connectivity index (χ1n) is 7.63. The second kappa shape index (κ2) is 10.1. The molecule has 2 amide bonds. The fourth-order valence-electron chi connectivity index (χ4n) is 2.32. The van der Waals surface area contributed by atoms with Crippen LogP contribution in [0.25, 0.3) is 0 Å². The van der Waals surface area contributed by atoms with Crippen LogP contribution in [-0.4, -0.2) is 43.6 Å². The molecular weight excluding hydrogens is 318 g/mol. The molecule has 1 aromatic rings. The van der Waals surface area contributed by atoms with E-state index in [0.717, 1.165) is 25.9 Å². The highest BCUT2D eigenvalue weighted by molar-refractivity contribution is 5.88. The van der Waals surface area contributed by atoms with Gasteiger partial charge in [0.2, 0.25) is 5.91 Å². The third-order valence-electron chi connectivity index (χ3n) is 3.53. The van der Waals surface area contributed by atoms with Gasteiger partial charge in [-0.05, 0) is 38.4 Å². The fraction of sp³-hybridized carbons (Fsp3) is 0.500. The quantitative estimate of drug-likeness (QED) is 0.717. The van der Waals surface area contributed by atoms with Gasteiger partial charge in [0.15, 0.2) is 6.61 Å². The Kier molecular flexibility index (Phi) is 8.43. The van der Waals surface area contributed by atoms with Gasteiger partial charge < -0.3 is 20.7 Å². The van der Waals surface area contributed by atoms with Crippen LogP contribution in [0, 0.1) is 0 Å². The summed E-state index contributed by atoms with van der Waals surface area (Å²) in [7, 11) is 0. The zero-order chi connectivity index (χ0) is 15.8. The van der Waals surface area contributed by atoms with Crippen molar-refractivity contribution in [2.45, 2.75) is 31.8 Å². The summed E-state index contributed by atoms with van der Waals surface area (Å²) in [6, 6.07) is 8.66. The van der Waals surface area contributed by atoms with Gasteiger partial charge in [-0.2, -0.15) is 0 Å². The molecule has 1 aliphatic rings. The molecule has 2 rings (SSSR count). The van der Waals surface area contributed by atoms with Crippen molar-refractivity contribution in [3.05, 3.63) is 30.3 Å². The number of ether oxygens (including phenoxy) is 1. The molecule has 0 saturated carbocycles. The van der Waals surface area contributed by atoms with Crippen molar-refractivity contribution in [3.63, 3.8) is 0 Å². The van der Waals surface area contributed by atoms with Gasteiger partial charge in [-0.15, -0.1) is 12.4 Å². The van der Waals surface area contributed by atoms with E-state index in [4.69, 9.17) is 4.74 Å². The predicted molar refractivity (Wildman–Crippen MR) is 90.8 cm³/mol. The second-order valence-electron chi connectivity index (χ2n) is 5.44. The SMILES string of the molecule is CC(NC(=O)COc1ccccc1)C(=O)N[C@H]1CCCNC1.Cl. The number of carbonyl (C=O) groups is 2. The summed E-state index contributed by atoms with van der Waals surface area (Å²) >= 11 is 0. The average molecular weight is 342 g/mol. The van der Waals surface area contributed by atoms with Crippen LogP contribution in [0.1, 0.15) is 19.8 Å². The normalized spacial score (nSPS) is 18.2. The molecule has 1 fully saturated rings. The molecule has 23 heavy (non-hydrogen) atoms. The second-order valence-corrected chi connectivity index (χ2v) is 5.44. The minimum absolute atomic E-state index is 0. The maximum absolute atomic E-state index is 12.0. The maximum Gasteiger partial charge on any atom is 0.258 e. The van der Waals surface area contributed by atoms with Crippen LogP contribution in [0.2, 0.25) is 0 Å². The van der Waals surface area contributed by atoms with Gasteiger partial charge in [0.05, 0.1) is 0 Å². The molecule has 128 valence electrons. The van der Waals surface area contributed by atoms with Gasteiger partial charge in [-0.3, -0.25) is 9.59 Å². The summed E-state index contributed by atoms with van der Waals surface area (Å²) in [5.41, 5.74) is 0. The number of hydrogen-bond donors (Lipinski definition) is 3. The monoisotopic (exact) mass is 341 g/mol. The average Bonchev–Trinajstić information content (AvgIpc) is 2.55. The molecule has 1 aliphatic heterocycles. The number of para-hydroxylation sites is 1. The highest BCUT2D eigenvalue weighted by Gasteiger charge is 2.20. The number of carbonyl (C=O) groups excluding carboxylic acids is 2. The summed E-state index contributed by atoms with van der Waals surface area (Å²) in [4.78, 5) is 23.8. The van der Waals surface area contributed by atoms with E-state index < -0.39 is 6.04 Å². The lowest BCUT2D eigenvalue weighted by Gasteiger charge is -2.25. The van der Waals surface area contributed by atoms with Crippen LogP contribution in [-0.2, 0) is 9.59 Å². The number of hydrogen-bond acceptors (Lipinski definition) is 4. The fourth-order valence-corrected chi connectivity index (χ4v) is 2.32. The molecule has 1 heterocycles.